The van der Waals surface area contributed by atoms with Crippen LogP contribution in [0.5, 0.6) is 11.5 Å². The summed E-state index contributed by atoms with van der Waals surface area (Å²) in [4.78, 5) is 45.5. The molecule has 12 heteroatoms. The molecule has 4 aromatic carbocycles. The van der Waals surface area contributed by atoms with Crippen LogP contribution in [0.15, 0.2) is 118 Å². The first-order chi connectivity index (χ1) is 23.8. The van der Waals surface area contributed by atoms with Crippen LogP contribution >= 0.6 is 39.0 Å². The fraction of sp³-hybridized carbons (Fsp3) is 0.135. The summed E-state index contributed by atoms with van der Waals surface area (Å²) < 4.78 is 11.9. The van der Waals surface area contributed by atoms with E-state index >= 15 is 0 Å². The number of thiazole rings is 1. The van der Waals surface area contributed by atoms with Gasteiger partial charge in [0.1, 0.15) is 5.70 Å². The molecule has 0 aliphatic carbocycles. The first-order valence-electron chi connectivity index (χ1n) is 15.2. The fourth-order valence-electron chi connectivity index (χ4n) is 4.73. The molecule has 0 radical (unpaired) electrons. The molecule has 0 aliphatic heterocycles. The zero-order valence-electron chi connectivity index (χ0n) is 26.9. The largest absolute Gasteiger partial charge is 0.493 e. The molecule has 0 fully saturated rings. The van der Waals surface area contributed by atoms with Crippen molar-refractivity contribution in [3.63, 3.8) is 0 Å². The van der Waals surface area contributed by atoms with Gasteiger partial charge in [-0.2, -0.15) is 0 Å². The molecule has 1 atom stereocenters. The minimum absolute atomic E-state index is 0.00442. The summed E-state index contributed by atoms with van der Waals surface area (Å²) in [7, 11) is 3.02. The molecule has 5 rings (SSSR count). The summed E-state index contributed by atoms with van der Waals surface area (Å²) >= 11 is 6.20. The van der Waals surface area contributed by atoms with Crippen molar-refractivity contribution < 1.29 is 23.9 Å². The lowest BCUT2D eigenvalue weighted by Gasteiger charge is -2.15. The minimum atomic E-state index is -0.550. The van der Waals surface area contributed by atoms with Crippen LogP contribution in [0.4, 0.5) is 10.8 Å². The Morgan fingerprint density at radius 2 is 1.67 bits per heavy atom. The number of rotatable bonds is 13. The van der Waals surface area contributed by atoms with Crippen molar-refractivity contribution in [1.82, 2.24) is 10.3 Å². The lowest BCUT2D eigenvalue weighted by molar-refractivity contribution is -0.116. The first-order valence-corrected chi connectivity index (χ1v) is 17.7. The Morgan fingerprint density at radius 1 is 0.918 bits per heavy atom. The third-order valence-electron chi connectivity index (χ3n) is 7.17. The Morgan fingerprint density at radius 3 is 2.39 bits per heavy atom. The monoisotopic (exact) mass is 756 g/mol. The molecule has 250 valence electrons. The van der Waals surface area contributed by atoms with E-state index in [1.807, 2.05) is 42.6 Å². The van der Waals surface area contributed by atoms with Crippen molar-refractivity contribution in [2.24, 2.45) is 0 Å². The van der Waals surface area contributed by atoms with Crippen LogP contribution in [0.2, 0.25) is 0 Å². The van der Waals surface area contributed by atoms with E-state index in [9.17, 15) is 14.4 Å². The highest BCUT2D eigenvalue weighted by molar-refractivity contribution is 9.10. The number of amides is 3. The van der Waals surface area contributed by atoms with Gasteiger partial charge in [-0.05, 0) is 61.0 Å². The molecule has 1 aromatic heterocycles. The van der Waals surface area contributed by atoms with E-state index in [4.69, 9.17) is 9.47 Å². The summed E-state index contributed by atoms with van der Waals surface area (Å²) in [5.74, 6) is -0.279. The highest BCUT2D eigenvalue weighted by Crippen LogP contribution is 2.33. The van der Waals surface area contributed by atoms with Gasteiger partial charge in [-0.25, -0.2) is 4.98 Å². The number of nitrogens with zero attached hydrogens (tertiary/aromatic N) is 1. The molecule has 1 heterocycles. The van der Waals surface area contributed by atoms with Crippen molar-refractivity contribution in [3.05, 3.63) is 124 Å². The molecular formula is C37H33BrN4O5S2. The highest BCUT2D eigenvalue weighted by atomic mass is 79.9. The van der Waals surface area contributed by atoms with Gasteiger partial charge in [-0.1, -0.05) is 71.4 Å². The van der Waals surface area contributed by atoms with E-state index in [1.54, 1.807) is 66.7 Å². The lowest BCUT2D eigenvalue weighted by Crippen LogP contribution is -2.30. The van der Waals surface area contributed by atoms with Crippen molar-refractivity contribution in [1.29, 1.82) is 0 Å². The summed E-state index contributed by atoms with van der Waals surface area (Å²) in [5, 5.41) is 10.6. The molecule has 3 N–H and O–H groups in total. The van der Waals surface area contributed by atoms with Gasteiger partial charge in [0.15, 0.2) is 16.6 Å². The van der Waals surface area contributed by atoms with Crippen molar-refractivity contribution in [3.8, 4) is 22.8 Å². The molecule has 3 amide bonds. The third kappa shape index (κ3) is 9.38. The quantitative estimate of drug-likeness (QED) is 0.0815. The van der Waals surface area contributed by atoms with Gasteiger partial charge in [0, 0.05) is 37.1 Å². The molecule has 0 bridgehead atoms. The summed E-state index contributed by atoms with van der Waals surface area (Å²) in [6, 6.07) is 28.9. The lowest BCUT2D eigenvalue weighted by atomic mass is 10.1. The number of methoxy groups -OCH3 is 2. The third-order valence-corrected chi connectivity index (χ3v) is 9.81. The number of hydrogen-bond acceptors (Lipinski definition) is 8. The predicted molar refractivity (Wildman–Crippen MR) is 200 cm³/mol. The minimum Gasteiger partial charge on any atom is -0.493 e. The second-order valence-corrected chi connectivity index (χ2v) is 13.5. The average Bonchev–Trinajstić information content (AvgIpc) is 3.59. The summed E-state index contributed by atoms with van der Waals surface area (Å²) in [5.41, 5.74) is 3.15. The maximum Gasteiger partial charge on any atom is 0.272 e. The molecule has 0 aliphatic rings. The Hall–Kier alpha value is -4.91. The number of thioether (sulfide) groups is 1. The Labute approximate surface area is 301 Å². The fourth-order valence-corrected chi connectivity index (χ4v) is 6.73. The van der Waals surface area contributed by atoms with Crippen molar-refractivity contribution >= 4 is 73.6 Å². The first kappa shape index (κ1) is 35.4. The maximum absolute atomic E-state index is 13.7. The zero-order valence-corrected chi connectivity index (χ0v) is 30.1. The SMILES string of the molecule is CCC(Sc1cccc(NC(=O)/C(=C\c2cccc(OC)c2OC)NC(=O)c2ccccc2)c1)C(=O)Nc1nc(-c2ccc(Br)cc2)cs1. The summed E-state index contributed by atoms with van der Waals surface area (Å²) in [6.07, 6.45) is 2.10. The molecular weight excluding hydrogens is 724 g/mol. The second-order valence-electron chi connectivity index (χ2n) is 10.5. The number of carbonyl (C=O) groups excluding carboxylic acids is 3. The van der Waals surface area contributed by atoms with E-state index in [1.165, 1.54) is 43.4 Å². The highest BCUT2D eigenvalue weighted by Gasteiger charge is 2.21. The van der Waals surface area contributed by atoms with Gasteiger partial charge in [-0.3, -0.25) is 14.4 Å². The maximum atomic E-state index is 13.7. The molecule has 0 saturated heterocycles. The van der Waals surface area contributed by atoms with Crippen LogP contribution in [0.3, 0.4) is 0 Å². The zero-order chi connectivity index (χ0) is 34.8. The summed E-state index contributed by atoms with van der Waals surface area (Å²) in [6.45, 7) is 1.94. The molecule has 5 aromatic rings. The van der Waals surface area contributed by atoms with Gasteiger partial charge < -0.3 is 25.4 Å². The second kappa shape index (κ2) is 17.0. The number of benzene rings is 4. The number of anilines is 2. The molecule has 1 unspecified atom stereocenters. The van der Waals surface area contributed by atoms with Crippen molar-refractivity contribution in [2.75, 3.05) is 24.9 Å². The molecule has 0 saturated carbocycles. The molecule has 9 nitrogen and oxygen atoms in total. The number of halogens is 1. The standard InChI is InChI=1S/C37H33BrN4O5S2/c1-4-32(36(45)42-37-41-30(22-48-37)23-16-18-26(38)19-17-23)49-28-14-9-13-27(21-28)39-35(44)29(40-34(43)24-10-6-5-7-11-24)20-25-12-8-15-31(46-2)33(25)47-3/h5-22,32H,4H2,1-3H3,(H,39,44)(H,40,43)(H,41,42,45)/b29-20+. The number of ether oxygens (including phenoxy) is 2. The van der Waals surface area contributed by atoms with Crippen LogP contribution < -0.4 is 25.4 Å². The van der Waals surface area contributed by atoms with Crippen LogP contribution in [0, 0.1) is 0 Å². The number of para-hydroxylation sites is 1. The topological polar surface area (TPSA) is 119 Å². The normalized spacial score (nSPS) is 11.7. The van der Waals surface area contributed by atoms with Crippen molar-refractivity contribution in [2.45, 2.75) is 23.5 Å². The Bertz CT molecular complexity index is 1970. The van der Waals surface area contributed by atoms with Gasteiger partial charge in [-0.15, -0.1) is 23.1 Å². The molecule has 0 spiro atoms. The Balaban J connectivity index is 1.31. The van der Waals surface area contributed by atoms with Crippen LogP contribution in [0.25, 0.3) is 17.3 Å². The predicted octanol–water partition coefficient (Wildman–Crippen LogP) is 8.51. The average molecular weight is 758 g/mol. The smallest absolute Gasteiger partial charge is 0.272 e. The number of hydrogen-bond donors (Lipinski definition) is 3. The van der Waals surface area contributed by atoms with E-state index in [0.29, 0.717) is 39.9 Å². The van der Waals surface area contributed by atoms with Gasteiger partial charge in [0.25, 0.3) is 11.8 Å². The van der Waals surface area contributed by atoms with Crippen LogP contribution in [0.1, 0.15) is 29.3 Å². The van der Waals surface area contributed by atoms with E-state index in [0.717, 1.165) is 20.6 Å². The van der Waals surface area contributed by atoms with E-state index < -0.39 is 17.1 Å². The molecule has 49 heavy (non-hydrogen) atoms. The van der Waals surface area contributed by atoms with E-state index in [2.05, 4.69) is 36.9 Å². The number of nitrogens with one attached hydrogen (secondary N) is 3. The van der Waals surface area contributed by atoms with Gasteiger partial charge in [0.2, 0.25) is 5.91 Å². The van der Waals surface area contributed by atoms with Gasteiger partial charge in [0.05, 0.1) is 25.2 Å². The van der Waals surface area contributed by atoms with Crippen LogP contribution in [-0.4, -0.2) is 42.2 Å². The number of carbonyl (C=O) groups is 3. The van der Waals surface area contributed by atoms with Gasteiger partial charge >= 0.3 is 0 Å². The Kier molecular flexibility index (Phi) is 12.3. The van der Waals surface area contributed by atoms with E-state index in [-0.39, 0.29) is 11.6 Å². The number of aromatic nitrogens is 1. The van der Waals surface area contributed by atoms with Crippen LogP contribution in [-0.2, 0) is 9.59 Å².